The molecule has 1 saturated heterocycles. The van der Waals surface area contributed by atoms with E-state index in [1.807, 2.05) is 0 Å². The molecule has 0 bridgehead atoms. The maximum atomic E-state index is 12.5. The van der Waals surface area contributed by atoms with Gasteiger partial charge in [-0.05, 0) is 11.6 Å². The Hall–Kier alpha value is -1.06. The summed E-state index contributed by atoms with van der Waals surface area (Å²) < 4.78 is 31.5. The normalized spacial score (nSPS) is 20.3. The molecule has 1 aliphatic rings. The Morgan fingerprint density at radius 1 is 1.52 bits per heavy atom. The van der Waals surface area contributed by atoms with Crippen molar-refractivity contribution in [2.24, 2.45) is 5.73 Å². The second-order valence-corrected chi connectivity index (χ2v) is 7.20. The number of rotatable bonds is 5. The van der Waals surface area contributed by atoms with Gasteiger partial charge in [0, 0.05) is 12.1 Å². The van der Waals surface area contributed by atoms with Crippen LogP contribution in [0.3, 0.4) is 0 Å². The van der Waals surface area contributed by atoms with Crippen LogP contribution >= 0.6 is 12.2 Å². The van der Waals surface area contributed by atoms with E-state index in [0.717, 1.165) is 0 Å². The molecule has 2 rings (SSSR count). The van der Waals surface area contributed by atoms with Crippen LogP contribution in [0.4, 0.5) is 0 Å². The van der Waals surface area contributed by atoms with Gasteiger partial charge >= 0.3 is 0 Å². The van der Waals surface area contributed by atoms with Gasteiger partial charge in [-0.25, -0.2) is 8.42 Å². The Bertz CT molecular complexity index is 618. The van der Waals surface area contributed by atoms with Gasteiger partial charge in [0.2, 0.25) is 10.0 Å². The second kappa shape index (κ2) is 6.80. The van der Waals surface area contributed by atoms with Crippen LogP contribution in [0.5, 0.6) is 0 Å². The monoisotopic (exact) mass is 330 g/mol. The average Bonchev–Trinajstić information content (AvgIpc) is 2.47. The summed E-state index contributed by atoms with van der Waals surface area (Å²) in [7, 11) is -3.53. The van der Waals surface area contributed by atoms with Crippen molar-refractivity contribution in [3.8, 4) is 0 Å². The first-order valence-corrected chi connectivity index (χ1v) is 8.52. The molecule has 6 nitrogen and oxygen atoms in total. The van der Waals surface area contributed by atoms with Crippen LogP contribution in [0.25, 0.3) is 0 Å². The number of nitrogens with two attached hydrogens (primary N) is 1. The largest absolute Gasteiger partial charge is 0.395 e. The number of thiocarbonyl (C=S) groups is 1. The third kappa shape index (κ3) is 3.98. The maximum Gasteiger partial charge on any atom is 0.218 e. The van der Waals surface area contributed by atoms with Gasteiger partial charge in [-0.2, -0.15) is 4.31 Å². The molecule has 0 saturated carbocycles. The van der Waals surface area contributed by atoms with Gasteiger partial charge in [0.15, 0.2) is 0 Å². The van der Waals surface area contributed by atoms with Crippen molar-refractivity contribution < 1.29 is 18.3 Å². The molecule has 1 unspecified atom stereocenters. The van der Waals surface area contributed by atoms with Crippen molar-refractivity contribution in [3.05, 3.63) is 35.4 Å². The number of sulfonamides is 1. The summed E-state index contributed by atoms with van der Waals surface area (Å²) in [6.07, 6.45) is 0. The van der Waals surface area contributed by atoms with Crippen LogP contribution in [0.2, 0.25) is 0 Å². The lowest BCUT2D eigenvalue weighted by molar-refractivity contribution is 0.0108. The molecule has 1 aromatic carbocycles. The number of nitrogens with zero attached hydrogens (tertiary/aromatic N) is 1. The molecule has 0 aliphatic carbocycles. The van der Waals surface area contributed by atoms with E-state index in [4.69, 9.17) is 22.7 Å². The quantitative estimate of drug-likeness (QED) is 0.729. The van der Waals surface area contributed by atoms with Crippen LogP contribution in [0.1, 0.15) is 11.1 Å². The predicted octanol–water partition coefficient (Wildman–Crippen LogP) is -0.156. The highest BCUT2D eigenvalue weighted by atomic mass is 32.2. The van der Waals surface area contributed by atoms with E-state index in [-0.39, 0.29) is 30.5 Å². The van der Waals surface area contributed by atoms with Crippen molar-refractivity contribution in [2.45, 2.75) is 11.8 Å². The summed E-state index contributed by atoms with van der Waals surface area (Å²) >= 11 is 4.89. The zero-order chi connectivity index (χ0) is 15.5. The molecule has 0 spiro atoms. The van der Waals surface area contributed by atoms with Gasteiger partial charge in [0.05, 0.1) is 31.6 Å². The summed E-state index contributed by atoms with van der Waals surface area (Å²) in [5, 5.41) is 9.29. The fraction of sp³-hybridized carbons (Fsp3) is 0.462. The van der Waals surface area contributed by atoms with Crippen molar-refractivity contribution >= 4 is 27.2 Å². The summed E-state index contributed by atoms with van der Waals surface area (Å²) in [6.45, 7) is 0.542. The van der Waals surface area contributed by atoms with Crippen LogP contribution in [-0.4, -0.2) is 55.2 Å². The highest BCUT2D eigenvalue weighted by molar-refractivity contribution is 7.88. The lowest BCUT2D eigenvalue weighted by atomic mass is 10.1. The molecule has 3 N–H and O–H groups in total. The SMILES string of the molecule is NC(=S)c1cccc(CS(=O)(=O)N2CCOCC2CO)c1. The summed E-state index contributed by atoms with van der Waals surface area (Å²) in [6, 6.07) is 6.33. The Morgan fingerprint density at radius 2 is 2.29 bits per heavy atom. The molecule has 1 heterocycles. The topological polar surface area (TPSA) is 92.9 Å². The zero-order valence-electron chi connectivity index (χ0n) is 11.4. The van der Waals surface area contributed by atoms with E-state index in [1.54, 1.807) is 24.3 Å². The molecule has 1 atom stereocenters. The molecule has 116 valence electrons. The molecular formula is C13H18N2O4S2. The van der Waals surface area contributed by atoms with Crippen LogP contribution in [0.15, 0.2) is 24.3 Å². The third-order valence-electron chi connectivity index (χ3n) is 3.30. The smallest absolute Gasteiger partial charge is 0.218 e. The van der Waals surface area contributed by atoms with Crippen LogP contribution in [-0.2, 0) is 20.5 Å². The Kier molecular flexibility index (Phi) is 5.28. The average molecular weight is 330 g/mol. The van der Waals surface area contributed by atoms with Gasteiger partial charge in [-0.1, -0.05) is 30.4 Å². The third-order valence-corrected chi connectivity index (χ3v) is 5.43. The van der Waals surface area contributed by atoms with E-state index in [9.17, 15) is 13.5 Å². The maximum absolute atomic E-state index is 12.5. The lowest BCUT2D eigenvalue weighted by Crippen LogP contribution is -2.50. The standard InChI is InChI=1S/C13H18N2O4S2/c14-13(20)11-3-1-2-10(6-11)9-21(17,18)15-4-5-19-8-12(15)7-16/h1-3,6,12,16H,4-5,7-9H2,(H2,14,20). The first kappa shape index (κ1) is 16.3. The molecule has 1 fully saturated rings. The minimum atomic E-state index is -3.53. The van der Waals surface area contributed by atoms with Crippen molar-refractivity contribution in [3.63, 3.8) is 0 Å². The predicted molar refractivity (Wildman–Crippen MR) is 83.4 cm³/mol. The minimum Gasteiger partial charge on any atom is -0.395 e. The van der Waals surface area contributed by atoms with Gasteiger partial charge in [-0.3, -0.25) is 0 Å². The van der Waals surface area contributed by atoms with Gasteiger partial charge in [0.25, 0.3) is 0 Å². The highest BCUT2D eigenvalue weighted by Crippen LogP contribution is 2.17. The molecule has 21 heavy (non-hydrogen) atoms. The van der Waals surface area contributed by atoms with Crippen molar-refractivity contribution in [2.75, 3.05) is 26.4 Å². The minimum absolute atomic E-state index is 0.153. The van der Waals surface area contributed by atoms with Gasteiger partial charge in [-0.15, -0.1) is 0 Å². The van der Waals surface area contributed by atoms with Crippen LogP contribution < -0.4 is 5.73 Å². The van der Waals surface area contributed by atoms with E-state index in [0.29, 0.717) is 17.7 Å². The highest BCUT2D eigenvalue weighted by Gasteiger charge is 2.32. The first-order chi connectivity index (χ1) is 9.94. The number of ether oxygens (including phenoxy) is 1. The number of morpholine rings is 1. The number of aliphatic hydroxyl groups is 1. The molecule has 8 heteroatoms. The Balaban J connectivity index is 2.20. The molecular weight excluding hydrogens is 312 g/mol. The van der Waals surface area contributed by atoms with Gasteiger partial charge < -0.3 is 15.6 Å². The van der Waals surface area contributed by atoms with Gasteiger partial charge in [0.1, 0.15) is 4.99 Å². The molecule has 1 aliphatic heterocycles. The van der Waals surface area contributed by atoms with Crippen LogP contribution in [0, 0.1) is 0 Å². The number of benzene rings is 1. The second-order valence-electron chi connectivity index (χ2n) is 4.84. The molecule has 0 radical (unpaired) electrons. The summed E-state index contributed by atoms with van der Waals surface area (Å²) in [5.41, 5.74) is 6.81. The first-order valence-electron chi connectivity index (χ1n) is 6.51. The van der Waals surface area contributed by atoms with Crippen molar-refractivity contribution in [1.29, 1.82) is 0 Å². The molecule has 0 amide bonds. The number of hydrogen-bond donors (Lipinski definition) is 2. The van der Waals surface area contributed by atoms with E-state index in [1.165, 1.54) is 4.31 Å². The summed E-state index contributed by atoms with van der Waals surface area (Å²) in [5.74, 6) is -0.153. The van der Waals surface area contributed by atoms with Crippen molar-refractivity contribution in [1.82, 2.24) is 4.31 Å². The fourth-order valence-electron chi connectivity index (χ4n) is 2.26. The fourth-order valence-corrected chi connectivity index (χ4v) is 4.09. The Labute approximate surface area is 129 Å². The molecule has 0 aromatic heterocycles. The Morgan fingerprint density at radius 3 is 2.95 bits per heavy atom. The number of hydrogen-bond acceptors (Lipinski definition) is 5. The zero-order valence-corrected chi connectivity index (χ0v) is 13.1. The van der Waals surface area contributed by atoms with E-state index >= 15 is 0 Å². The summed E-state index contributed by atoms with van der Waals surface area (Å²) in [4.78, 5) is 0.230. The molecule has 1 aromatic rings. The van der Waals surface area contributed by atoms with E-state index < -0.39 is 16.1 Å². The number of aliphatic hydroxyl groups excluding tert-OH is 1. The van der Waals surface area contributed by atoms with E-state index in [2.05, 4.69) is 0 Å². The lowest BCUT2D eigenvalue weighted by Gasteiger charge is -2.33.